The Labute approximate surface area is 137 Å². The first kappa shape index (κ1) is 20.0. The van der Waals surface area contributed by atoms with Crippen LogP contribution in [0.3, 0.4) is 0 Å². The molecule has 1 rings (SSSR count). The number of aliphatic carboxylic acids is 1. The molecule has 1 aliphatic rings. The first-order valence-electron chi connectivity index (χ1n) is 7.39. The third-order valence-corrected chi connectivity index (χ3v) is 3.30. The van der Waals surface area contributed by atoms with Gasteiger partial charge >= 0.3 is 24.1 Å². The second-order valence-corrected chi connectivity index (χ2v) is 6.55. The van der Waals surface area contributed by atoms with E-state index in [1.54, 1.807) is 20.8 Å². The lowest BCUT2D eigenvalue weighted by atomic mass is 10.0. The van der Waals surface area contributed by atoms with Gasteiger partial charge in [0.15, 0.2) is 0 Å². The van der Waals surface area contributed by atoms with Crippen molar-refractivity contribution in [2.75, 3.05) is 19.6 Å². The van der Waals surface area contributed by atoms with Crippen molar-refractivity contribution < 1.29 is 37.4 Å². The summed E-state index contributed by atoms with van der Waals surface area (Å²) >= 11 is 0. The van der Waals surface area contributed by atoms with E-state index in [-0.39, 0.29) is 24.4 Å². The molecular formula is C14H21F3N2O5. The summed E-state index contributed by atoms with van der Waals surface area (Å²) in [6, 6.07) is -1.03. The maximum absolute atomic E-state index is 12.7. The normalized spacial score (nSPS) is 18.9. The van der Waals surface area contributed by atoms with Crippen LogP contribution in [0.4, 0.5) is 18.0 Å². The van der Waals surface area contributed by atoms with Crippen molar-refractivity contribution >= 4 is 18.0 Å². The number of piperidine rings is 1. The summed E-state index contributed by atoms with van der Waals surface area (Å²) in [5.41, 5.74) is -0.771. The molecule has 7 nitrogen and oxygen atoms in total. The van der Waals surface area contributed by atoms with E-state index >= 15 is 0 Å². The molecule has 0 aromatic rings. The third-order valence-electron chi connectivity index (χ3n) is 3.30. The van der Waals surface area contributed by atoms with Crippen molar-refractivity contribution in [3.8, 4) is 0 Å². The first-order chi connectivity index (χ1) is 10.8. The van der Waals surface area contributed by atoms with E-state index in [0.29, 0.717) is 6.42 Å². The van der Waals surface area contributed by atoms with Crippen LogP contribution in [0.1, 0.15) is 33.6 Å². The minimum absolute atomic E-state index is 0.175. The van der Waals surface area contributed by atoms with Crippen LogP contribution in [0, 0.1) is 0 Å². The van der Waals surface area contributed by atoms with Gasteiger partial charge in [0.25, 0.3) is 0 Å². The van der Waals surface area contributed by atoms with Gasteiger partial charge in [-0.05, 0) is 33.6 Å². The number of rotatable bonds is 3. The number of ether oxygens (including phenoxy) is 1. The van der Waals surface area contributed by atoms with E-state index in [4.69, 9.17) is 9.84 Å². The van der Waals surface area contributed by atoms with Crippen LogP contribution in [0.25, 0.3) is 0 Å². The Morgan fingerprint density at radius 1 is 1.25 bits per heavy atom. The van der Waals surface area contributed by atoms with Gasteiger partial charge in [-0.3, -0.25) is 9.59 Å². The Morgan fingerprint density at radius 3 is 2.29 bits per heavy atom. The van der Waals surface area contributed by atoms with Crippen LogP contribution in [0.15, 0.2) is 0 Å². The van der Waals surface area contributed by atoms with Crippen molar-refractivity contribution in [2.45, 2.75) is 51.4 Å². The predicted octanol–water partition coefficient (Wildman–Crippen LogP) is 1.86. The van der Waals surface area contributed by atoms with E-state index < -0.39 is 42.3 Å². The Balaban J connectivity index is 2.89. The summed E-state index contributed by atoms with van der Waals surface area (Å²) in [5, 5.41) is 8.79. The summed E-state index contributed by atoms with van der Waals surface area (Å²) in [4.78, 5) is 35.8. The monoisotopic (exact) mass is 354 g/mol. The van der Waals surface area contributed by atoms with Crippen LogP contribution < -0.4 is 0 Å². The Morgan fingerprint density at radius 2 is 1.83 bits per heavy atom. The molecular weight excluding hydrogens is 333 g/mol. The average Bonchev–Trinajstić information content (AvgIpc) is 2.41. The first-order valence-corrected chi connectivity index (χ1v) is 7.39. The lowest BCUT2D eigenvalue weighted by Crippen LogP contribution is -2.56. The molecule has 0 aromatic heterocycles. The van der Waals surface area contributed by atoms with Gasteiger partial charge in [-0.25, -0.2) is 4.79 Å². The molecule has 1 aliphatic heterocycles. The summed E-state index contributed by atoms with van der Waals surface area (Å²) in [6.07, 6.45) is -5.37. The van der Waals surface area contributed by atoms with Crippen molar-refractivity contribution in [1.29, 1.82) is 0 Å². The van der Waals surface area contributed by atoms with E-state index in [2.05, 4.69) is 0 Å². The zero-order valence-corrected chi connectivity index (χ0v) is 13.7. The maximum atomic E-state index is 12.7. The number of hydrogen-bond donors (Lipinski definition) is 1. The van der Waals surface area contributed by atoms with Gasteiger partial charge in [0, 0.05) is 13.1 Å². The molecule has 1 saturated heterocycles. The van der Waals surface area contributed by atoms with Gasteiger partial charge in [0.05, 0.1) is 6.04 Å². The fourth-order valence-corrected chi connectivity index (χ4v) is 2.38. The van der Waals surface area contributed by atoms with Gasteiger partial charge in [-0.15, -0.1) is 0 Å². The number of halogens is 3. The lowest BCUT2D eigenvalue weighted by molar-refractivity contribution is -0.190. The molecule has 1 heterocycles. The molecule has 0 spiro atoms. The number of carboxylic acid groups (broad SMARTS) is 1. The second-order valence-electron chi connectivity index (χ2n) is 6.55. The smallest absolute Gasteiger partial charge is 0.471 e. The van der Waals surface area contributed by atoms with Gasteiger partial charge in [-0.2, -0.15) is 13.2 Å². The van der Waals surface area contributed by atoms with Crippen molar-refractivity contribution in [2.24, 2.45) is 0 Å². The number of carboxylic acids is 1. The minimum atomic E-state index is -5.18. The number of carbonyl (C=O) groups excluding carboxylic acids is 2. The number of nitrogens with zero attached hydrogens (tertiary/aromatic N) is 2. The van der Waals surface area contributed by atoms with Gasteiger partial charge in [0.1, 0.15) is 12.1 Å². The van der Waals surface area contributed by atoms with Crippen LogP contribution in [-0.4, -0.2) is 70.3 Å². The van der Waals surface area contributed by atoms with Crippen molar-refractivity contribution in [3.63, 3.8) is 0 Å². The zero-order valence-electron chi connectivity index (χ0n) is 13.7. The standard InChI is InChI=1S/C14H21F3N2O5/c1-13(2,3)24-12(23)18-6-4-5-9(7-18)19(8-10(20)21)11(22)14(15,16)17/h9H,4-8H2,1-3H3,(H,20,21)/t9-/m0/s1. The summed E-state index contributed by atoms with van der Waals surface area (Å²) in [5.74, 6) is -3.78. The van der Waals surface area contributed by atoms with Crippen LogP contribution in [0.5, 0.6) is 0 Å². The SMILES string of the molecule is CC(C)(C)OC(=O)N1CCC[C@H](N(CC(=O)O)C(=O)C(F)(F)F)C1. The third kappa shape index (κ3) is 5.89. The van der Waals surface area contributed by atoms with Gasteiger partial charge in [-0.1, -0.05) is 0 Å². The van der Waals surface area contributed by atoms with Crippen LogP contribution >= 0.6 is 0 Å². The Bertz CT molecular complexity index is 502. The lowest BCUT2D eigenvalue weighted by Gasteiger charge is -2.39. The molecule has 0 aromatic carbocycles. The fourth-order valence-electron chi connectivity index (χ4n) is 2.38. The molecule has 0 unspecified atom stereocenters. The van der Waals surface area contributed by atoms with Gasteiger partial charge in [0.2, 0.25) is 0 Å². The maximum Gasteiger partial charge on any atom is 0.471 e. The largest absolute Gasteiger partial charge is 0.480 e. The Kier molecular flexibility index (Phi) is 6.07. The zero-order chi connectivity index (χ0) is 18.7. The number of hydrogen-bond acceptors (Lipinski definition) is 4. The molecule has 1 atom stereocenters. The number of likely N-dealkylation sites (tertiary alicyclic amines) is 1. The molecule has 2 amide bonds. The highest BCUT2D eigenvalue weighted by Crippen LogP contribution is 2.24. The van der Waals surface area contributed by atoms with E-state index in [9.17, 15) is 27.6 Å². The number of amides is 2. The highest BCUT2D eigenvalue weighted by molar-refractivity contribution is 5.85. The molecule has 0 bridgehead atoms. The topological polar surface area (TPSA) is 87.2 Å². The van der Waals surface area contributed by atoms with Crippen molar-refractivity contribution in [3.05, 3.63) is 0 Å². The molecule has 24 heavy (non-hydrogen) atoms. The summed E-state index contributed by atoms with van der Waals surface area (Å²) in [6.45, 7) is 3.93. The van der Waals surface area contributed by atoms with E-state index in [1.165, 1.54) is 4.90 Å². The van der Waals surface area contributed by atoms with E-state index in [0.717, 1.165) is 0 Å². The molecule has 1 fully saturated rings. The molecule has 0 saturated carbocycles. The molecule has 0 radical (unpaired) electrons. The van der Waals surface area contributed by atoms with Crippen LogP contribution in [0.2, 0.25) is 0 Å². The number of carbonyl (C=O) groups is 3. The molecule has 1 N–H and O–H groups in total. The van der Waals surface area contributed by atoms with Gasteiger partial charge < -0.3 is 19.6 Å². The molecule has 0 aliphatic carbocycles. The highest BCUT2D eigenvalue weighted by atomic mass is 19.4. The second kappa shape index (κ2) is 7.27. The average molecular weight is 354 g/mol. The van der Waals surface area contributed by atoms with Crippen molar-refractivity contribution in [1.82, 2.24) is 9.80 Å². The molecule has 10 heteroatoms. The quantitative estimate of drug-likeness (QED) is 0.836. The summed E-state index contributed by atoms with van der Waals surface area (Å²) in [7, 11) is 0. The number of alkyl halides is 3. The van der Waals surface area contributed by atoms with E-state index in [1.807, 2.05) is 0 Å². The Hall–Kier alpha value is -2.00. The molecule has 138 valence electrons. The predicted molar refractivity (Wildman–Crippen MR) is 76.2 cm³/mol. The van der Waals surface area contributed by atoms with Crippen LogP contribution in [-0.2, 0) is 14.3 Å². The highest BCUT2D eigenvalue weighted by Gasteiger charge is 2.46. The fraction of sp³-hybridized carbons (Fsp3) is 0.786. The minimum Gasteiger partial charge on any atom is -0.480 e. The summed E-state index contributed by atoms with van der Waals surface area (Å²) < 4.78 is 43.2.